The van der Waals surface area contributed by atoms with Crippen LogP contribution in [0.3, 0.4) is 0 Å². The van der Waals surface area contributed by atoms with Crippen LogP contribution < -0.4 is 5.32 Å². The van der Waals surface area contributed by atoms with E-state index < -0.39 is 12.0 Å². The summed E-state index contributed by atoms with van der Waals surface area (Å²) >= 11 is 1.70. The third-order valence-electron chi connectivity index (χ3n) is 3.25. The van der Waals surface area contributed by atoms with Gasteiger partial charge in [0.2, 0.25) is 0 Å². The summed E-state index contributed by atoms with van der Waals surface area (Å²) in [5.74, 6) is -0.412. The molecule has 0 bridgehead atoms. The second kappa shape index (κ2) is 7.38. The Balaban J connectivity index is 1.98. The van der Waals surface area contributed by atoms with Crippen LogP contribution in [0.25, 0.3) is 10.4 Å². The van der Waals surface area contributed by atoms with Gasteiger partial charge in [-0.2, -0.15) is 0 Å². The van der Waals surface area contributed by atoms with Crippen LogP contribution in [0.1, 0.15) is 25.1 Å². The third-order valence-corrected chi connectivity index (χ3v) is 4.38. The molecular weight excluding hydrogens is 282 g/mol. The van der Waals surface area contributed by atoms with Gasteiger partial charge >= 0.3 is 5.97 Å². The van der Waals surface area contributed by atoms with Gasteiger partial charge in [0.05, 0.1) is 0 Å². The Morgan fingerprint density at radius 2 is 1.90 bits per heavy atom. The molecular formula is C17H21NO2S. The fourth-order valence-corrected chi connectivity index (χ4v) is 3.16. The predicted molar refractivity (Wildman–Crippen MR) is 87.5 cm³/mol. The molecule has 0 aliphatic heterocycles. The van der Waals surface area contributed by atoms with Crippen molar-refractivity contribution in [2.24, 2.45) is 5.92 Å². The van der Waals surface area contributed by atoms with Crippen LogP contribution in [-0.2, 0) is 11.3 Å². The van der Waals surface area contributed by atoms with Crippen molar-refractivity contribution in [3.05, 3.63) is 47.3 Å². The molecule has 1 atom stereocenters. The molecule has 1 unspecified atom stereocenters. The molecule has 0 amide bonds. The number of nitrogens with one attached hydrogen (secondary N) is 1. The maximum atomic E-state index is 11.2. The molecule has 3 nitrogen and oxygen atoms in total. The number of thiophene rings is 1. The highest BCUT2D eigenvalue weighted by molar-refractivity contribution is 7.15. The molecule has 1 aromatic carbocycles. The normalized spacial score (nSPS) is 12.5. The van der Waals surface area contributed by atoms with Crippen LogP contribution in [0.15, 0.2) is 42.5 Å². The number of carboxylic acids is 1. The Labute approximate surface area is 129 Å². The molecule has 2 rings (SSSR count). The fraction of sp³-hybridized carbons (Fsp3) is 0.353. The Morgan fingerprint density at radius 3 is 2.52 bits per heavy atom. The molecule has 0 radical (unpaired) electrons. The van der Waals surface area contributed by atoms with Crippen LogP contribution in [0.5, 0.6) is 0 Å². The van der Waals surface area contributed by atoms with E-state index >= 15 is 0 Å². The number of hydrogen-bond donors (Lipinski definition) is 2. The van der Waals surface area contributed by atoms with E-state index in [1.165, 1.54) is 10.4 Å². The number of hydrogen-bond acceptors (Lipinski definition) is 3. The SMILES string of the molecule is CC(C)CC(NCc1ccc(-c2ccccc2)s1)C(=O)O. The predicted octanol–water partition coefficient (Wildman–Crippen LogP) is 4.00. The summed E-state index contributed by atoms with van der Waals surface area (Å²) in [5, 5.41) is 12.4. The van der Waals surface area contributed by atoms with Gasteiger partial charge in [-0.1, -0.05) is 44.2 Å². The molecule has 0 spiro atoms. The quantitative estimate of drug-likeness (QED) is 0.812. The average molecular weight is 303 g/mol. The minimum atomic E-state index is -0.775. The zero-order chi connectivity index (χ0) is 15.2. The molecule has 0 fully saturated rings. The molecule has 0 aliphatic rings. The first-order valence-electron chi connectivity index (χ1n) is 7.16. The standard InChI is InChI=1S/C17H21NO2S/c1-12(2)10-15(17(19)20)18-11-14-8-9-16(21-14)13-6-4-3-5-7-13/h3-9,12,15,18H,10-11H2,1-2H3,(H,19,20). The Bertz CT molecular complexity index is 577. The number of carbonyl (C=O) groups is 1. The van der Waals surface area contributed by atoms with Crippen molar-refractivity contribution in [2.75, 3.05) is 0 Å². The molecule has 0 saturated carbocycles. The summed E-state index contributed by atoms with van der Waals surface area (Å²) in [5.41, 5.74) is 1.20. The van der Waals surface area contributed by atoms with Crippen LogP contribution in [-0.4, -0.2) is 17.1 Å². The molecule has 2 N–H and O–H groups in total. The van der Waals surface area contributed by atoms with Gasteiger partial charge in [-0.25, -0.2) is 0 Å². The highest BCUT2D eigenvalue weighted by Gasteiger charge is 2.18. The van der Waals surface area contributed by atoms with Crippen molar-refractivity contribution in [3.63, 3.8) is 0 Å². The monoisotopic (exact) mass is 303 g/mol. The Hall–Kier alpha value is -1.65. The molecule has 4 heteroatoms. The van der Waals surface area contributed by atoms with Crippen molar-refractivity contribution in [1.29, 1.82) is 0 Å². The maximum absolute atomic E-state index is 11.2. The Kier molecular flexibility index (Phi) is 5.53. The van der Waals surface area contributed by atoms with E-state index in [9.17, 15) is 9.90 Å². The van der Waals surface area contributed by atoms with E-state index in [-0.39, 0.29) is 0 Å². The van der Waals surface area contributed by atoms with Gasteiger partial charge in [-0.15, -0.1) is 11.3 Å². The molecule has 112 valence electrons. The molecule has 2 aromatic rings. The first kappa shape index (κ1) is 15.7. The van der Waals surface area contributed by atoms with Crippen molar-refractivity contribution < 1.29 is 9.90 Å². The molecule has 1 heterocycles. The van der Waals surface area contributed by atoms with Gasteiger partial charge < -0.3 is 5.11 Å². The van der Waals surface area contributed by atoms with Gasteiger partial charge in [-0.3, -0.25) is 10.1 Å². The maximum Gasteiger partial charge on any atom is 0.320 e. The molecule has 0 aliphatic carbocycles. The minimum Gasteiger partial charge on any atom is -0.480 e. The second-order valence-electron chi connectivity index (χ2n) is 5.53. The van der Waals surface area contributed by atoms with E-state index in [1.54, 1.807) is 11.3 Å². The lowest BCUT2D eigenvalue weighted by atomic mass is 10.0. The summed E-state index contributed by atoms with van der Waals surface area (Å²) in [4.78, 5) is 13.6. The lowest BCUT2D eigenvalue weighted by molar-refractivity contribution is -0.140. The zero-order valence-electron chi connectivity index (χ0n) is 12.4. The highest BCUT2D eigenvalue weighted by Crippen LogP contribution is 2.27. The largest absolute Gasteiger partial charge is 0.480 e. The lowest BCUT2D eigenvalue weighted by Gasteiger charge is -2.15. The Morgan fingerprint density at radius 1 is 1.19 bits per heavy atom. The van der Waals surface area contributed by atoms with Crippen LogP contribution >= 0.6 is 11.3 Å². The first-order chi connectivity index (χ1) is 10.1. The van der Waals surface area contributed by atoms with E-state index in [0.29, 0.717) is 18.9 Å². The summed E-state index contributed by atoms with van der Waals surface area (Å²) in [6, 6.07) is 13.9. The lowest BCUT2D eigenvalue weighted by Crippen LogP contribution is -2.37. The van der Waals surface area contributed by atoms with Gasteiger partial charge in [0, 0.05) is 16.3 Å². The van der Waals surface area contributed by atoms with E-state index in [4.69, 9.17) is 0 Å². The summed E-state index contributed by atoms with van der Waals surface area (Å²) < 4.78 is 0. The van der Waals surface area contributed by atoms with Gasteiger partial charge in [0.1, 0.15) is 6.04 Å². The van der Waals surface area contributed by atoms with Crippen molar-refractivity contribution in [1.82, 2.24) is 5.32 Å². The fourth-order valence-electron chi connectivity index (χ4n) is 2.20. The van der Waals surface area contributed by atoms with E-state index in [1.807, 2.05) is 32.0 Å². The number of aliphatic carboxylic acids is 1. The summed E-state index contributed by atoms with van der Waals surface area (Å²) in [7, 11) is 0. The smallest absolute Gasteiger partial charge is 0.320 e. The summed E-state index contributed by atoms with van der Waals surface area (Å²) in [6.45, 7) is 4.67. The number of carboxylic acid groups (broad SMARTS) is 1. The van der Waals surface area contributed by atoms with Crippen molar-refractivity contribution >= 4 is 17.3 Å². The zero-order valence-corrected chi connectivity index (χ0v) is 13.2. The number of benzene rings is 1. The topological polar surface area (TPSA) is 49.3 Å². The molecule has 21 heavy (non-hydrogen) atoms. The van der Waals surface area contributed by atoms with E-state index in [2.05, 4.69) is 29.6 Å². The van der Waals surface area contributed by atoms with Crippen LogP contribution in [0.2, 0.25) is 0 Å². The number of rotatable bonds is 7. The van der Waals surface area contributed by atoms with Crippen LogP contribution in [0.4, 0.5) is 0 Å². The van der Waals surface area contributed by atoms with Gasteiger partial charge in [0.15, 0.2) is 0 Å². The third kappa shape index (κ3) is 4.69. The highest BCUT2D eigenvalue weighted by atomic mass is 32.1. The van der Waals surface area contributed by atoms with Crippen LogP contribution in [0, 0.1) is 5.92 Å². The summed E-state index contributed by atoms with van der Waals surface area (Å²) in [6.07, 6.45) is 0.645. The van der Waals surface area contributed by atoms with Gasteiger partial charge in [-0.05, 0) is 30.0 Å². The first-order valence-corrected chi connectivity index (χ1v) is 7.98. The average Bonchev–Trinajstić information content (AvgIpc) is 2.92. The second-order valence-corrected chi connectivity index (χ2v) is 6.70. The van der Waals surface area contributed by atoms with Crippen molar-refractivity contribution in [3.8, 4) is 10.4 Å². The minimum absolute atomic E-state index is 0.363. The molecule has 1 aromatic heterocycles. The van der Waals surface area contributed by atoms with Gasteiger partial charge in [0.25, 0.3) is 0 Å². The van der Waals surface area contributed by atoms with Crippen molar-refractivity contribution in [2.45, 2.75) is 32.9 Å². The van der Waals surface area contributed by atoms with E-state index in [0.717, 1.165) is 4.88 Å². The molecule has 0 saturated heterocycles.